The minimum Gasteiger partial charge on any atom is -0.324 e. The van der Waals surface area contributed by atoms with Crippen molar-refractivity contribution in [2.75, 3.05) is 11.5 Å². The number of halogens is 1. The van der Waals surface area contributed by atoms with Gasteiger partial charge in [-0.15, -0.1) is 0 Å². The first kappa shape index (κ1) is 13.1. The standard InChI is InChI=1S/C12H16BrNO2S/c1-8-6-9(2-3-11(8)13)12(14)10-4-5-17(15,16)7-10/h2-3,6,10,12H,4-5,7,14H2,1H3. The molecule has 1 saturated heterocycles. The highest BCUT2D eigenvalue weighted by molar-refractivity contribution is 9.10. The third-order valence-corrected chi connectivity index (χ3v) is 6.03. The Bertz CT molecular complexity index is 527. The van der Waals surface area contributed by atoms with E-state index < -0.39 is 9.84 Å². The summed E-state index contributed by atoms with van der Waals surface area (Å²) in [4.78, 5) is 0. The summed E-state index contributed by atoms with van der Waals surface area (Å²) in [6.07, 6.45) is 0.679. The molecule has 1 aliphatic rings. The molecule has 0 aromatic heterocycles. The Kier molecular flexibility index (Phi) is 3.61. The van der Waals surface area contributed by atoms with Crippen LogP contribution in [-0.2, 0) is 9.84 Å². The molecule has 1 aromatic carbocycles. The van der Waals surface area contributed by atoms with E-state index in [2.05, 4.69) is 15.9 Å². The number of sulfone groups is 1. The highest BCUT2D eigenvalue weighted by Gasteiger charge is 2.32. The largest absolute Gasteiger partial charge is 0.324 e. The van der Waals surface area contributed by atoms with E-state index in [0.717, 1.165) is 15.6 Å². The quantitative estimate of drug-likeness (QED) is 0.909. The minimum absolute atomic E-state index is 0.0561. The molecule has 94 valence electrons. The first-order valence-corrected chi connectivity index (χ1v) is 8.22. The Morgan fingerprint density at radius 3 is 2.71 bits per heavy atom. The van der Waals surface area contributed by atoms with Gasteiger partial charge >= 0.3 is 0 Å². The maximum atomic E-state index is 11.4. The van der Waals surface area contributed by atoms with Crippen molar-refractivity contribution in [1.82, 2.24) is 0 Å². The first-order valence-electron chi connectivity index (χ1n) is 5.61. The van der Waals surface area contributed by atoms with Gasteiger partial charge in [0.2, 0.25) is 0 Å². The van der Waals surface area contributed by atoms with Crippen molar-refractivity contribution in [2.45, 2.75) is 19.4 Å². The molecular formula is C12H16BrNO2S. The SMILES string of the molecule is Cc1cc(C(N)C2CCS(=O)(=O)C2)ccc1Br. The van der Waals surface area contributed by atoms with Gasteiger partial charge in [0, 0.05) is 10.5 Å². The molecule has 0 radical (unpaired) electrons. The summed E-state index contributed by atoms with van der Waals surface area (Å²) in [6, 6.07) is 5.78. The lowest BCUT2D eigenvalue weighted by Crippen LogP contribution is -2.22. The number of hydrogen-bond donors (Lipinski definition) is 1. The van der Waals surface area contributed by atoms with Gasteiger partial charge in [-0.3, -0.25) is 0 Å². The van der Waals surface area contributed by atoms with Crippen LogP contribution in [0.4, 0.5) is 0 Å². The monoisotopic (exact) mass is 317 g/mol. The average Bonchev–Trinajstić information content (AvgIpc) is 2.62. The minimum atomic E-state index is -2.86. The fraction of sp³-hybridized carbons (Fsp3) is 0.500. The first-order chi connectivity index (χ1) is 7.89. The number of benzene rings is 1. The molecule has 0 saturated carbocycles. The summed E-state index contributed by atoms with van der Waals surface area (Å²) in [5, 5.41) is 0. The van der Waals surface area contributed by atoms with Crippen molar-refractivity contribution in [3.63, 3.8) is 0 Å². The molecule has 17 heavy (non-hydrogen) atoms. The van der Waals surface area contributed by atoms with E-state index in [0.29, 0.717) is 6.42 Å². The van der Waals surface area contributed by atoms with E-state index in [1.165, 1.54) is 0 Å². The summed E-state index contributed by atoms with van der Waals surface area (Å²) < 4.78 is 23.9. The van der Waals surface area contributed by atoms with Crippen LogP contribution in [0.25, 0.3) is 0 Å². The fourth-order valence-corrected chi connectivity index (χ4v) is 4.36. The van der Waals surface area contributed by atoms with Crippen LogP contribution in [0.3, 0.4) is 0 Å². The van der Waals surface area contributed by atoms with Crippen LogP contribution in [0, 0.1) is 12.8 Å². The third kappa shape index (κ3) is 2.89. The van der Waals surface area contributed by atoms with E-state index in [9.17, 15) is 8.42 Å². The Balaban J connectivity index is 2.20. The van der Waals surface area contributed by atoms with Crippen LogP contribution in [0.1, 0.15) is 23.6 Å². The van der Waals surface area contributed by atoms with Gasteiger partial charge in [-0.2, -0.15) is 0 Å². The van der Waals surface area contributed by atoms with Gasteiger partial charge < -0.3 is 5.73 Å². The molecule has 1 aliphatic heterocycles. The Morgan fingerprint density at radius 1 is 1.47 bits per heavy atom. The van der Waals surface area contributed by atoms with Crippen LogP contribution >= 0.6 is 15.9 Å². The molecule has 2 atom stereocenters. The van der Waals surface area contributed by atoms with Crippen molar-refractivity contribution < 1.29 is 8.42 Å². The number of rotatable bonds is 2. The molecule has 5 heteroatoms. The maximum absolute atomic E-state index is 11.4. The summed E-state index contributed by atoms with van der Waals surface area (Å²) in [5.74, 6) is 0.560. The lowest BCUT2D eigenvalue weighted by Gasteiger charge is -2.19. The highest BCUT2D eigenvalue weighted by Crippen LogP contribution is 2.31. The maximum Gasteiger partial charge on any atom is 0.150 e. The topological polar surface area (TPSA) is 60.2 Å². The molecule has 0 amide bonds. The zero-order valence-electron chi connectivity index (χ0n) is 9.69. The summed E-state index contributed by atoms with van der Waals surface area (Å²) in [6.45, 7) is 2.01. The molecule has 1 heterocycles. The fourth-order valence-electron chi connectivity index (χ4n) is 2.25. The average molecular weight is 318 g/mol. The van der Waals surface area contributed by atoms with Crippen molar-refractivity contribution in [3.05, 3.63) is 33.8 Å². The summed E-state index contributed by atoms with van der Waals surface area (Å²) in [7, 11) is -2.86. The van der Waals surface area contributed by atoms with E-state index in [4.69, 9.17) is 5.73 Å². The molecule has 1 aromatic rings. The second-order valence-corrected chi connectivity index (χ2v) is 7.78. The van der Waals surface area contributed by atoms with E-state index in [1.54, 1.807) is 0 Å². The zero-order valence-corrected chi connectivity index (χ0v) is 12.1. The second-order valence-electron chi connectivity index (χ2n) is 4.70. The predicted octanol–water partition coefficient (Wildman–Crippen LogP) is 2.19. The molecule has 0 aliphatic carbocycles. The Labute approximate surface area is 110 Å². The van der Waals surface area contributed by atoms with Gasteiger partial charge in [-0.25, -0.2) is 8.42 Å². The summed E-state index contributed by atoms with van der Waals surface area (Å²) >= 11 is 3.44. The highest BCUT2D eigenvalue weighted by atomic mass is 79.9. The molecule has 0 spiro atoms. The summed E-state index contributed by atoms with van der Waals surface area (Å²) in [5.41, 5.74) is 8.31. The van der Waals surface area contributed by atoms with E-state index in [1.807, 2.05) is 25.1 Å². The van der Waals surface area contributed by atoms with Gasteiger partial charge in [0.05, 0.1) is 11.5 Å². The Hall–Kier alpha value is -0.390. The number of nitrogens with two attached hydrogens (primary N) is 1. The second kappa shape index (κ2) is 4.71. The molecule has 0 bridgehead atoms. The number of hydrogen-bond acceptors (Lipinski definition) is 3. The smallest absolute Gasteiger partial charge is 0.150 e. The van der Waals surface area contributed by atoms with Gasteiger partial charge in [0.25, 0.3) is 0 Å². The van der Waals surface area contributed by atoms with Crippen LogP contribution in [-0.4, -0.2) is 19.9 Å². The van der Waals surface area contributed by atoms with Gasteiger partial charge in [0.1, 0.15) is 0 Å². The lowest BCUT2D eigenvalue weighted by molar-refractivity contribution is 0.480. The molecule has 3 nitrogen and oxygen atoms in total. The molecule has 2 unspecified atom stereocenters. The molecule has 1 fully saturated rings. The lowest BCUT2D eigenvalue weighted by atomic mass is 9.92. The Morgan fingerprint density at radius 2 is 2.18 bits per heavy atom. The molecule has 2 N–H and O–H groups in total. The van der Waals surface area contributed by atoms with Crippen LogP contribution in [0.15, 0.2) is 22.7 Å². The molecule has 2 rings (SSSR count). The van der Waals surface area contributed by atoms with Crippen LogP contribution in [0.2, 0.25) is 0 Å². The zero-order chi connectivity index (χ0) is 12.6. The predicted molar refractivity (Wildman–Crippen MR) is 72.6 cm³/mol. The van der Waals surface area contributed by atoms with Gasteiger partial charge in [0.15, 0.2) is 9.84 Å². The van der Waals surface area contributed by atoms with Crippen LogP contribution in [0.5, 0.6) is 0 Å². The van der Waals surface area contributed by atoms with Crippen molar-refractivity contribution in [2.24, 2.45) is 11.7 Å². The molecular weight excluding hydrogens is 302 g/mol. The van der Waals surface area contributed by atoms with Gasteiger partial charge in [-0.1, -0.05) is 28.1 Å². The number of aryl methyl sites for hydroxylation is 1. The normalized spacial score (nSPS) is 24.8. The van der Waals surface area contributed by atoms with E-state index >= 15 is 0 Å². The van der Waals surface area contributed by atoms with Crippen molar-refractivity contribution >= 4 is 25.8 Å². The van der Waals surface area contributed by atoms with E-state index in [-0.39, 0.29) is 23.5 Å². The third-order valence-electron chi connectivity index (χ3n) is 3.34. The van der Waals surface area contributed by atoms with Crippen LogP contribution < -0.4 is 5.73 Å². The van der Waals surface area contributed by atoms with Crippen molar-refractivity contribution in [3.8, 4) is 0 Å². The van der Waals surface area contributed by atoms with Gasteiger partial charge in [-0.05, 0) is 36.5 Å². The van der Waals surface area contributed by atoms with Crippen molar-refractivity contribution in [1.29, 1.82) is 0 Å².